The van der Waals surface area contributed by atoms with Gasteiger partial charge in [0.2, 0.25) is 0 Å². The zero-order chi connectivity index (χ0) is 32.1. The summed E-state index contributed by atoms with van der Waals surface area (Å²) in [5.41, 5.74) is 6.79. The largest absolute Gasteiger partial charge is 0.435 e. The van der Waals surface area contributed by atoms with Gasteiger partial charge in [0.05, 0.1) is 23.5 Å². The van der Waals surface area contributed by atoms with Crippen LogP contribution in [-0.2, 0) is 19.1 Å². The molecule has 3 amide bonds. The maximum absolute atomic E-state index is 13.8. The number of alkyl halides is 3. The van der Waals surface area contributed by atoms with Crippen LogP contribution < -0.4 is 21.7 Å². The van der Waals surface area contributed by atoms with Crippen molar-refractivity contribution in [1.82, 2.24) is 39.7 Å². The van der Waals surface area contributed by atoms with Crippen LogP contribution in [0.1, 0.15) is 41.4 Å². The molecule has 5 rings (SSSR count). The fourth-order valence-corrected chi connectivity index (χ4v) is 5.16. The molecule has 0 bridgehead atoms. The highest BCUT2D eigenvalue weighted by Gasteiger charge is 2.38. The van der Waals surface area contributed by atoms with E-state index in [1.807, 2.05) is 6.92 Å². The smallest absolute Gasteiger partial charge is 0.352 e. The second-order valence-corrected chi connectivity index (χ2v) is 10.5. The summed E-state index contributed by atoms with van der Waals surface area (Å²) in [6.45, 7) is 3.56. The molecule has 1 aliphatic rings. The van der Waals surface area contributed by atoms with Crippen LogP contribution >= 0.6 is 0 Å². The van der Waals surface area contributed by atoms with Crippen molar-refractivity contribution in [2.24, 2.45) is 5.73 Å². The second kappa shape index (κ2) is 13.2. The number of nitrogens with zero attached hydrogens (tertiary/aromatic N) is 7. The first-order chi connectivity index (χ1) is 21.6. The molecule has 4 aromatic rings. The maximum Gasteiger partial charge on any atom is 0.435 e. The molecule has 0 aliphatic carbocycles. The zero-order valence-corrected chi connectivity index (χ0v) is 24.4. The molecule has 13 nitrogen and oxygen atoms in total. The monoisotopic (exact) mass is 623 g/mol. The lowest BCUT2D eigenvalue weighted by Crippen LogP contribution is -2.40. The number of halogens is 3. The van der Waals surface area contributed by atoms with Gasteiger partial charge in [-0.2, -0.15) is 23.5 Å². The zero-order valence-electron chi connectivity index (χ0n) is 24.4. The number of aromatic nitrogens is 5. The summed E-state index contributed by atoms with van der Waals surface area (Å²) in [6, 6.07) is 6.85. The van der Waals surface area contributed by atoms with E-state index in [1.54, 1.807) is 29.2 Å². The van der Waals surface area contributed by atoms with E-state index < -0.39 is 11.9 Å². The number of anilines is 2. The summed E-state index contributed by atoms with van der Waals surface area (Å²) >= 11 is 0. The Bertz CT molecular complexity index is 1740. The van der Waals surface area contributed by atoms with Gasteiger partial charge in [-0.3, -0.25) is 13.9 Å². The summed E-state index contributed by atoms with van der Waals surface area (Å²) in [5.74, 6) is 0.0460. The van der Waals surface area contributed by atoms with E-state index in [1.165, 1.54) is 29.2 Å². The van der Waals surface area contributed by atoms with Crippen molar-refractivity contribution in [3.05, 3.63) is 59.8 Å². The van der Waals surface area contributed by atoms with E-state index in [2.05, 4.69) is 31.0 Å². The van der Waals surface area contributed by atoms with Gasteiger partial charge in [-0.05, 0) is 43.0 Å². The van der Waals surface area contributed by atoms with E-state index >= 15 is 0 Å². The number of imidazole rings is 1. The van der Waals surface area contributed by atoms with Crippen molar-refractivity contribution in [3.8, 4) is 17.3 Å². The Labute approximate surface area is 256 Å². The molecular formula is C29H32F3N11O2. The van der Waals surface area contributed by atoms with Crippen LogP contribution in [0.3, 0.4) is 0 Å². The SMILES string of the molecule is CCc1cc(Nc2nccn3c(-c4cn(CC#N)nc4C(F)(F)F)cnc23)ccc1C(=O)NCCCNC(=O)N1CC[C@@H](N)C1. The highest BCUT2D eigenvalue weighted by Crippen LogP contribution is 2.37. The molecule has 1 aliphatic heterocycles. The first-order valence-corrected chi connectivity index (χ1v) is 14.4. The second-order valence-electron chi connectivity index (χ2n) is 10.5. The number of amides is 3. The molecule has 4 heterocycles. The fourth-order valence-electron chi connectivity index (χ4n) is 5.16. The number of carbonyl (C=O) groups is 2. The lowest BCUT2D eigenvalue weighted by molar-refractivity contribution is -0.141. The van der Waals surface area contributed by atoms with Gasteiger partial charge in [-0.1, -0.05) is 6.92 Å². The van der Waals surface area contributed by atoms with Crippen LogP contribution in [0, 0.1) is 11.3 Å². The van der Waals surface area contributed by atoms with E-state index in [4.69, 9.17) is 11.0 Å². The molecule has 45 heavy (non-hydrogen) atoms. The Morgan fingerprint density at radius 2 is 2.00 bits per heavy atom. The molecule has 3 aromatic heterocycles. The third kappa shape index (κ3) is 6.99. The number of likely N-dealkylation sites (tertiary alicyclic amines) is 1. The number of rotatable bonds is 10. The van der Waals surface area contributed by atoms with Crippen molar-refractivity contribution < 1.29 is 22.8 Å². The summed E-state index contributed by atoms with van der Waals surface area (Å²) < 4.78 is 43.7. The van der Waals surface area contributed by atoms with E-state index in [0.717, 1.165) is 16.7 Å². The van der Waals surface area contributed by atoms with E-state index in [-0.39, 0.29) is 41.4 Å². The lowest BCUT2D eigenvalue weighted by Gasteiger charge is -2.16. The third-order valence-electron chi connectivity index (χ3n) is 7.39. The standard InChI is InChI=1S/C29H32F3N11O2/c1-2-18-14-20(4-5-21(18)27(44)36-8-3-9-37-28(45)41-11-6-19(34)16-41)39-25-26-38-15-23(43(26)13-10-35-25)22-17-42(12-7-33)40-24(22)29(30,31)32/h4-5,10,13-15,17,19H,2-3,6,8-9,11-12,16,34H2,1H3,(H,35,39)(H,36,44)(H,37,45)/t19-/m1/s1. The first-order valence-electron chi connectivity index (χ1n) is 14.4. The van der Waals surface area contributed by atoms with Crippen LogP contribution in [0.5, 0.6) is 0 Å². The van der Waals surface area contributed by atoms with Gasteiger partial charge in [0, 0.05) is 62.1 Å². The number of fused-ring (bicyclic) bond motifs is 1. The maximum atomic E-state index is 13.8. The molecule has 1 fully saturated rings. The molecule has 236 valence electrons. The van der Waals surface area contributed by atoms with Gasteiger partial charge in [0.1, 0.15) is 6.54 Å². The summed E-state index contributed by atoms with van der Waals surface area (Å²) in [7, 11) is 0. The minimum absolute atomic E-state index is 0.0150. The molecule has 1 aromatic carbocycles. The molecule has 5 N–H and O–H groups in total. The van der Waals surface area contributed by atoms with Gasteiger partial charge >= 0.3 is 12.2 Å². The van der Waals surface area contributed by atoms with Gasteiger partial charge < -0.3 is 26.6 Å². The Kier molecular flexibility index (Phi) is 9.18. The number of benzene rings is 1. The summed E-state index contributed by atoms with van der Waals surface area (Å²) in [5, 5.41) is 21.4. The molecule has 0 spiro atoms. The normalized spacial score (nSPS) is 14.8. The Morgan fingerprint density at radius 3 is 2.71 bits per heavy atom. The summed E-state index contributed by atoms with van der Waals surface area (Å²) in [6.07, 6.45) is 2.55. The van der Waals surface area contributed by atoms with Crippen LogP contribution in [0.2, 0.25) is 0 Å². The van der Waals surface area contributed by atoms with Gasteiger partial charge in [0.25, 0.3) is 5.91 Å². The quantitative estimate of drug-likeness (QED) is 0.195. The number of hydrogen-bond donors (Lipinski definition) is 4. The number of hydrogen-bond acceptors (Lipinski definition) is 8. The van der Waals surface area contributed by atoms with Crippen molar-refractivity contribution in [1.29, 1.82) is 5.26 Å². The van der Waals surface area contributed by atoms with Crippen molar-refractivity contribution >= 4 is 29.1 Å². The Morgan fingerprint density at radius 1 is 1.20 bits per heavy atom. The van der Waals surface area contributed by atoms with Crippen LogP contribution in [0.4, 0.5) is 29.5 Å². The summed E-state index contributed by atoms with van der Waals surface area (Å²) in [4.78, 5) is 35.4. The number of nitriles is 1. The van der Waals surface area contributed by atoms with Crippen molar-refractivity contribution in [2.75, 3.05) is 31.5 Å². The van der Waals surface area contributed by atoms with E-state index in [0.29, 0.717) is 56.1 Å². The highest BCUT2D eigenvalue weighted by molar-refractivity contribution is 5.96. The Hall–Kier alpha value is -5.17. The Balaban J connectivity index is 1.26. The van der Waals surface area contributed by atoms with Crippen molar-refractivity contribution in [3.63, 3.8) is 0 Å². The van der Waals surface area contributed by atoms with Crippen LogP contribution in [0.25, 0.3) is 16.9 Å². The topological polar surface area (TPSA) is 171 Å². The number of aryl methyl sites for hydroxylation is 1. The predicted molar refractivity (Wildman–Crippen MR) is 158 cm³/mol. The van der Waals surface area contributed by atoms with Crippen LogP contribution in [-0.4, -0.2) is 73.2 Å². The predicted octanol–water partition coefficient (Wildman–Crippen LogP) is 3.30. The third-order valence-corrected chi connectivity index (χ3v) is 7.39. The molecule has 1 atom stereocenters. The number of nitrogens with two attached hydrogens (primary N) is 1. The molecular weight excluding hydrogens is 591 g/mol. The number of urea groups is 1. The van der Waals surface area contributed by atoms with Gasteiger partial charge in [-0.25, -0.2) is 14.8 Å². The first kappa shape index (κ1) is 31.3. The highest BCUT2D eigenvalue weighted by atomic mass is 19.4. The fraction of sp³-hybridized carbons (Fsp3) is 0.379. The van der Waals surface area contributed by atoms with Crippen LogP contribution in [0.15, 0.2) is 43.0 Å². The van der Waals surface area contributed by atoms with Gasteiger partial charge in [0.15, 0.2) is 17.2 Å². The average Bonchev–Trinajstić information content (AvgIpc) is 3.75. The lowest BCUT2D eigenvalue weighted by atomic mass is 10.0. The molecule has 0 unspecified atom stereocenters. The minimum atomic E-state index is -4.74. The minimum Gasteiger partial charge on any atom is -0.352 e. The van der Waals surface area contributed by atoms with Gasteiger partial charge in [-0.15, -0.1) is 0 Å². The average molecular weight is 624 g/mol. The molecule has 16 heteroatoms. The number of nitrogens with one attached hydrogen (secondary N) is 3. The molecule has 1 saturated heterocycles. The molecule has 0 saturated carbocycles. The van der Waals surface area contributed by atoms with E-state index in [9.17, 15) is 22.8 Å². The molecule has 0 radical (unpaired) electrons. The number of carbonyl (C=O) groups excluding carboxylic acids is 2. The van der Waals surface area contributed by atoms with Crippen molar-refractivity contribution in [2.45, 2.75) is 44.9 Å².